The van der Waals surface area contributed by atoms with Crippen LogP contribution in [0, 0.1) is 25.2 Å². The summed E-state index contributed by atoms with van der Waals surface area (Å²) in [5, 5.41) is 19.0. The van der Waals surface area contributed by atoms with E-state index in [1.807, 2.05) is 37.3 Å². The molecule has 0 unspecified atom stereocenters. The predicted octanol–water partition coefficient (Wildman–Crippen LogP) is 3.00. The molecule has 0 fully saturated rings. The van der Waals surface area contributed by atoms with Crippen molar-refractivity contribution in [2.45, 2.75) is 13.8 Å². The van der Waals surface area contributed by atoms with Crippen molar-refractivity contribution in [1.82, 2.24) is 14.8 Å². The van der Waals surface area contributed by atoms with Gasteiger partial charge in [0.2, 0.25) is 0 Å². The van der Waals surface area contributed by atoms with E-state index in [0.717, 1.165) is 16.9 Å². The largest absolute Gasteiger partial charge is 0.451 e. The van der Waals surface area contributed by atoms with Crippen molar-refractivity contribution < 1.29 is 14.3 Å². The van der Waals surface area contributed by atoms with Gasteiger partial charge in [-0.15, -0.1) is 0 Å². The molecule has 2 aromatic heterocycles. The molecule has 0 radical (unpaired) electrons. The average molecular weight is 441 g/mol. The van der Waals surface area contributed by atoms with Crippen molar-refractivity contribution in [3.8, 4) is 11.8 Å². The van der Waals surface area contributed by atoms with Gasteiger partial charge in [0.25, 0.3) is 11.5 Å². The Labute approximate surface area is 188 Å². The maximum atomic E-state index is 12.6. The Balaban J connectivity index is 1.57. The van der Waals surface area contributed by atoms with E-state index in [-0.39, 0.29) is 11.1 Å². The van der Waals surface area contributed by atoms with Gasteiger partial charge >= 0.3 is 5.97 Å². The molecule has 0 atom stereocenters. The summed E-state index contributed by atoms with van der Waals surface area (Å²) >= 11 is 0. The number of aromatic nitrogens is 3. The molecule has 0 spiro atoms. The van der Waals surface area contributed by atoms with Crippen molar-refractivity contribution in [2.75, 3.05) is 11.9 Å². The Kier molecular flexibility index (Phi) is 5.74. The fourth-order valence-electron chi connectivity index (χ4n) is 3.60. The van der Waals surface area contributed by atoms with Crippen molar-refractivity contribution in [1.29, 1.82) is 5.26 Å². The molecule has 33 heavy (non-hydrogen) atoms. The predicted molar refractivity (Wildman–Crippen MR) is 121 cm³/mol. The molecule has 0 aliphatic carbocycles. The lowest BCUT2D eigenvalue weighted by molar-refractivity contribution is -0.119. The minimum Gasteiger partial charge on any atom is -0.451 e. The zero-order valence-electron chi connectivity index (χ0n) is 17.9. The van der Waals surface area contributed by atoms with Gasteiger partial charge in [0, 0.05) is 16.8 Å². The number of H-pyrrole nitrogens is 1. The highest BCUT2D eigenvalue weighted by Crippen LogP contribution is 2.29. The van der Waals surface area contributed by atoms with E-state index >= 15 is 0 Å². The average Bonchev–Trinajstić information content (AvgIpc) is 3.07. The molecule has 2 N–H and O–H groups in total. The monoisotopic (exact) mass is 441 g/mol. The Hall–Kier alpha value is -4.71. The molecule has 0 saturated heterocycles. The summed E-state index contributed by atoms with van der Waals surface area (Å²) in [6, 6.07) is 17.9. The highest BCUT2D eigenvalue weighted by Gasteiger charge is 2.22. The van der Waals surface area contributed by atoms with Gasteiger partial charge in [0.05, 0.1) is 10.9 Å². The second-order valence-electron chi connectivity index (χ2n) is 7.29. The lowest BCUT2D eigenvalue weighted by atomic mass is 10.1. The quantitative estimate of drug-likeness (QED) is 0.458. The highest BCUT2D eigenvalue weighted by atomic mass is 16.5. The number of nitrogens with one attached hydrogen (secondary N) is 2. The van der Waals surface area contributed by atoms with E-state index < -0.39 is 24.0 Å². The van der Waals surface area contributed by atoms with E-state index in [1.165, 1.54) is 0 Å². The third kappa shape index (κ3) is 3.97. The summed E-state index contributed by atoms with van der Waals surface area (Å²) in [5.74, 6) is -1.18. The van der Waals surface area contributed by atoms with Crippen LogP contribution in [-0.4, -0.2) is 33.2 Å². The second-order valence-corrected chi connectivity index (χ2v) is 7.29. The van der Waals surface area contributed by atoms with E-state index in [9.17, 15) is 19.6 Å². The lowest BCUT2D eigenvalue weighted by Crippen LogP contribution is -2.24. The molecule has 2 aromatic carbocycles. The minimum absolute atomic E-state index is 0.102. The topological polar surface area (TPSA) is 130 Å². The fourth-order valence-corrected chi connectivity index (χ4v) is 3.60. The number of para-hydroxylation sites is 1. The third-order valence-electron chi connectivity index (χ3n) is 5.32. The number of ether oxygens (including phenoxy) is 1. The number of esters is 1. The maximum absolute atomic E-state index is 12.6. The molecule has 9 nitrogen and oxygen atoms in total. The van der Waals surface area contributed by atoms with Crippen molar-refractivity contribution >= 4 is 28.5 Å². The van der Waals surface area contributed by atoms with E-state index in [0.29, 0.717) is 16.8 Å². The van der Waals surface area contributed by atoms with Crippen LogP contribution in [0.5, 0.6) is 0 Å². The zero-order chi connectivity index (χ0) is 23.5. The number of nitriles is 1. The van der Waals surface area contributed by atoms with Crippen molar-refractivity contribution in [3.05, 3.63) is 87.5 Å². The van der Waals surface area contributed by atoms with Crippen LogP contribution in [0.15, 0.2) is 59.4 Å². The second kappa shape index (κ2) is 8.80. The van der Waals surface area contributed by atoms with Crippen LogP contribution in [-0.2, 0) is 9.53 Å². The zero-order valence-corrected chi connectivity index (χ0v) is 17.9. The van der Waals surface area contributed by atoms with Crippen LogP contribution in [0.25, 0.3) is 16.5 Å². The third-order valence-corrected chi connectivity index (χ3v) is 5.32. The molecule has 1 amide bonds. The molecule has 0 saturated carbocycles. The number of carbonyl (C=O) groups excluding carboxylic acids is 2. The molecule has 4 aromatic rings. The Morgan fingerprint density at radius 3 is 2.45 bits per heavy atom. The molecule has 164 valence electrons. The number of anilines is 1. The molecular formula is C24H19N5O4. The summed E-state index contributed by atoms with van der Waals surface area (Å²) in [7, 11) is 0. The number of benzene rings is 2. The lowest BCUT2D eigenvalue weighted by Gasteiger charge is -2.13. The minimum atomic E-state index is -0.857. The molecule has 0 aliphatic heterocycles. The van der Waals surface area contributed by atoms with E-state index in [4.69, 9.17) is 4.74 Å². The van der Waals surface area contributed by atoms with Gasteiger partial charge in [0.15, 0.2) is 12.3 Å². The van der Waals surface area contributed by atoms with Crippen LogP contribution in [0.2, 0.25) is 0 Å². The summed E-state index contributed by atoms with van der Waals surface area (Å²) in [6.07, 6.45) is 0. The smallest absolute Gasteiger partial charge is 0.359 e. The Bertz CT molecular complexity index is 1480. The highest BCUT2D eigenvalue weighted by molar-refractivity contribution is 6.03. The van der Waals surface area contributed by atoms with Gasteiger partial charge in [-0.1, -0.05) is 36.4 Å². The first-order valence-electron chi connectivity index (χ1n) is 10.0. The van der Waals surface area contributed by atoms with Gasteiger partial charge in [0.1, 0.15) is 11.9 Å². The number of hydrogen-bond donors (Lipinski definition) is 2. The van der Waals surface area contributed by atoms with E-state index in [1.54, 1.807) is 35.8 Å². The molecule has 0 bridgehead atoms. The van der Waals surface area contributed by atoms with Gasteiger partial charge in [-0.25, -0.2) is 9.89 Å². The molecule has 2 heterocycles. The van der Waals surface area contributed by atoms with Gasteiger partial charge in [-0.2, -0.15) is 10.4 Å². The standard InChI is InChI=1S/C24H19N5O4/c1-14-15(2)29(16-8-4-3-5-9-16)22(19(14)12-25)26-20(30)13-33-24(32)21-17-10-6-7-11-18(17)23(31)28-27-21/h3-11H,13H2,1-2H3,(H,26,30)(H,28,31). The number of rotatable bonds is 5. The first-order chi connectivity index (χ1) is 15.9. The van der Waals surface area contributed by atoms with Crippen molar-refractivity contribution in [3.63, 3.8) is 0 Å². The summed E-state index contributed by atoms with van der Waals surface area (Å²) in [6.45, 7) is 3.05. The van der Waals surface area contributed by atoms with Crippen LogP contribution in [0.1, 0.15) is 27.3 Å². The van der Waals surface area contributed by atoms with Gasteiger partial charge in [-0.05, 0) is 37.6 Å². The van der Waals surface area contributed by atoms with E-state index in [2.05, 4.69) is 21.6 Å². The first kappa shape index (κ1) is 21.5. The van der Waals surface area contributed by atoms with Crippen molar-refractivity contribution in [2.24, 2.45) is 0 Å². The van der Waals surface area contributed by atoms with Gasteiger partial charge < -0.3 is 10.1 Å². The van der Waals surface area contributed by atoms with Crippen LogP contribution >= 0.6 is 0 Å². The number of nitrogens with zero attached hydrogens (tertiary/aromatic N) is 3. The Morgan fingerprint density at radius 2 is 1.76 bits per heavy atom. The molecule has 9 heteroatoms. The summed E-state index contributed by atoms with van der Waals surface area (Å²) in [4.78, 5) is 37.1. The molecule has 0 aliphatic rings. The maximum Gasteiger partial charge on any atom is 0.359 e. The number of carbonyl (C=O) groups is 2. The number of fused-ring (bicyclic) bond motifs is 1. The Morgan fingerprint density at radius 1 is 1.09 bits per heavy atom. The van der Waals surface area contributed by atoms with Crippen LogP contribution in [0.3, 0.4) is 0 Å². The number of aromatic amines is 1. The first-order valence-corrected chi connectivity index (χ1v) is 10.0. The summed E-state index contributed by atoms with van der Waals surface area (Å²) in [5.41, 5.74) is 2.10. The number of amides is 1. The molecule has 4 rings (SSSR count). The van der Waals surface area contributed by atoms with Crippen LogP contribution < -0.4 is 10.9 Å². The van der Waals surface area contributed by atoms with Crippen LogP contribution in [0.4, 0.5) is 5.82 Å². The fraction of sp³-hybridized carbons (Fsp3) is 0.125. The normalized spacial score (nSPS) is 10.6. The molecular weight excluding hydrogens is 422 g/mol. The van der Waals surface area contributed by atoms with Gasteiger partial charge in [-0.3, -0.25) is 14.2 Å². The summed E-state index contributed by atoms with van der Waals surface area (Å²) < 4.78 is 6.91. The SMILES string of the molecule is Cc1c(C#N)c(NC(=O)COC(=O)c2n[nH]c(=O)c3ccccc23)n(-c2ccccc2)c1C. The number of hydrogen-bond acceptors (Lipinski definition) is 6.